The van der Waals surface area contributed by atoms with Crippen molar-refractivity contribution >= 4 is 75.2 Å². The number of benzene rings is 2. The summed E-state index contributed by atoms with van der Waals surface area (Å²) >= 11 is 6.55. The van der Waals surface area contributed by atoms with Gasteiger partial charge in [-0.2, -0.15) is 4.98 Å². The standard InChI is InChI=1S/C40H43ClN10O7/c1-42-34(53)22-58-32-18-24-17-25(3-6-30(24)47(2)39(32)57)44-35-29(41)20-43-40(46-35)50-15-13-48(14-16-50)21-23-9-11-49(12-10-23)26-4-5-27-28(19-26)38(56)51(37(27)55)31-7-8-33(52)45-36(31)54/h3-6,17-20,23,31H,7-16,21-22H2,1-2H3,(H,42,53)(H,43,44,46)(H,45,52,54). The Bertz CT molecular complexity index is 2390. The Morgan fingerprint density at radius 2 is 1.67 bits per heavy atom. The van der Waals surface area contributed by atoms with E-state index in [1.54, 1.807) is 31.4 Å². The van der Waals surface area contributed by atoms with Gasteiger partial charge in [0.25, 0.3) is 23.3 Å². The van der Waals surface area contributed by atoms with Gasteiger partial charge in [0.15, 0.2) is 18.2 Å². The summed E-state index contributed by atoms with van der Waals surface area (Å²) in [5, 5.41) is 9.09. The van der Waals surface area contributed by atoms with Crippen LogP contribution in [0.1, 0.15) is 46.4 Å². The second kappa shape index (κ2) is 16.1. The average molecular weight is 811 g/mol. The Morgan fingerprint density at radius 1 is 0.914 bits per heavy atom. The van der Waals surface area contributed by atoms with Crippen LogP contribution in [0.25, 0.3) is 10.9 Å². The highest BCUT2D eigenvalue weighted by atomic mass is 35.5. The zero-order valence-electron chi connectivity index (χ0n) is 32.1. The number of hydrogen-bond acceptors (Lipinski definition) is 13. The number of rotatable bonds is 10. The second-order valence-electron chi connectivity index (χ2n) is 15.0. The average Bonchev–Trinajstić information content (AvgIpc) is 3.47. The summed E-state index contributed by atoms with van der Waals surface area (Å²) in [6.07, 6.45) is 3.76. The van der Waals surface area contributed by atoms with Gasteiger partial charge in [-0.15, -0.1) is 0 Å². The number of amides is 5. The molecule has 2 aromatic heterocycles. The number of piperazine rings is 1. The van der Waals surface area contributed by atoms with E-state index in [-0.39, 0.29) is 42.2 Å². The molecule has 2 aromatic carbocycles. The quantitative estimate of drug-likeness (QED) is 0.198. The number of aromatic nitrogens is 3. The monoisotopic (exact) mass is 810 g/mol. The number of imide groups is 2. The molecule has 4 aromatic rings. The van der Waals surface area contributed by atoms with Crippen molar-refractivity contribution in [2.24, 2.45) is 13.0 Å². The van der Waals surface area contributed by atoms with Crippen molar-refractivity contribution in [3.05, 3.63) is 75.2 Å². The smallest absolute Gasteiger partial charge is 0.293 e. The number of fused-ring (bicyclic) bond motifs is 2. The van der Waals surface area contributed by atoms with Gasteiger partial charge in [-0.25, -0.2) is 4.98 Å². The maximum atomic E-state index is 13.3. The molecule has 302 valence electrons. The number of likely N-dealkylation sites (N-methyl/N-ethyl adjacent to an activating group) is 1. The van der Waals surface area contributed by atoms with Gasteiger partial charge in [0, 0.05) is 83.1 Å². The highest BCUT2D eigenvalue weighted by Crippen LogP contribution is 2.33. The molecule has 8 rings (SSSR count). The van der Waals surface area contributed by atoms with Gasteiger partial charge in [-0.05, 0) is 67.6 Å². The number of piperidine rings is 2. The van der Waals surface area contributed by atoms with Crippen molar-refractivity contribution < 1.29 is 28.7 Å². The van der Waals surface area contributed by atoms with Crippen LogP contribution < -0.4 is 36.0 Å². The SMILES string of the molecule is CNC(=O)COc1cc2cc(Nc3nc(N4CCN(CC5CCN(c6ccc7c(c6)C(=O)N(C6CCC(=O)NC6=O)C7=O)CC5)CC4)ncc3Cl)ccc2n(C)c1=O. The summed E-state index contributed by atoms with van der Waals surface area (Å²) in [5.41, 5.74) is 2.50. The highest BCUT2D eigenvalue weighted by Gasteiger charge is 2.45. The van der Waals surface area contributed by atoms with Gasteiger partial charge in [0.2, 0.25) is 17.8 Å². The van der Waals surface area contributed by atoms with Crippen LogP contribution in [0.3, 0.4) is 0 Å². The number of halogens is 1. The highest BCUT2D eigenvalue weighted by molar-refractivity contribution is 6.33. The maximum Gasteiger partial charge on any atom is 0.293 e. The van der Waals surface area contributed by atoms with E-state index in [4.69, 9.17) is 21.3 Å². The van der Waals surface area contributed by atoms with Gasteiger partial charge < -0.3 is 29.7 Å². The van der Waals surface area contributed by atoms with E-state index in [0.29, 0.717) is 39.5 Å². The fraction of sp³-hybridized carbons (Fsp3) is 0.400. The molecule has 0 aliphatic carbocycles. The number of carbonyl (C=O) groups excluding carboxylic acids is 5. The van der Waals surface area contributed by atoms with E-state index >= 15 is 0 Å². The van der Waals surface area contributed by atoms with Crippen molar-refractivity contribution in [3.63, 3.8) is 0 Å². The number of nitrogens with zero attached hydrogens (tertiary/aromatic N) is 7. The van der Waals surface area contributed by atoms with Crippen molar-refractivity contribution in [1.29, 1.82) is 0 Å². The van der Waals surface area contributed by atoms with E-state index in [9.17, 15) is 28.8 Å². The maximum absolute atomic E-state index is 13.3. The van der Waals surface area contributed by atoms with Crippen molar-refractivity contribution in [1.82, 2.24) is 35.0 Å². The first kappa shape index (κ1) is 38.8. The topological polar surface area (TPSA) is 191 Å². The van der Waals surface area contributed by atoms with Gasteiger partial charge in [0.1, 0.15) is 11.1 Å². The van der Waals surface area contributed by atoms with Crippen LogP contribution in [0, 0.1) is 5.92 Å². The molecule has 58 heavy (non-hydrogen) atoms. The second-order valence-corrected chi connectivity index (χ2v) is 15.4. The molecule has 0 spiro atoms. The molecular formula is C40H43ClN10O7. The molecule has 3 N–H and O–H groups in total. The van der Waals surface area contributed by atoms with E-state index in [0.717, 1.165) is 74.6 Å². The summed E-state index contributed by atoms with van der Waals surface area (Å²) in [5.74, 6) is -0.758. The number of nitrogens with one attached hydrogen (secondary N) is 3. The Labute approximate surface area is 338 Å². The molecule has 1 atom stereocenters. The Morgan fingerprint density at radius 3 is 2.41 bits per heavy atom. The number of hydrogen-bond donors (Lipinski definition) is 3. The minimum absolute atomic E-state index is 0.0684. The van der Waals surface area contributed by atoms with Gasteiger partial charge in [-0.3, -0.25) is 43.9 Å². The van der Waals surface area contributed by atoms with Crippen LogP contribution in [-0.2, 0) is 21.4 Å². The number of pyridine rings is 1. The number of aryl methyl sites for hydroxylation is 1. The fourth-order valence-corrected chi connectivity index (χ4v) is 8.25. The molecule has 17 nitrogen and oxygen atoms in total. The van der Waals surface area contributed by atoms with Gasteiger partial charge in [0.05, 0.1) is 22.8 Å². The van der Waals surface area contributed by atoms with Crippen LogP contribution >= 0.6 is 11.6 Å². The van der Waals surface area contributed by atoms with Crippen LogP contribution in [0.2, 0.25) is 5.02 Å². The molecular weight excluding hydrogens is 768 g/mol. The first-order chi connectivity index (χ1) is 28.0. The lowest BCUT2D eigenvalue weighted by atomic mass is 9.95. The minimum atomic E-state index is -0.985. The van der Waals surface area contributed by atoms with Crippen LogP contribution in [0.4, 0.5) is 23.1 Å². The van der Waals surface area contributed by atoms with Crippen molar-refractivity contribution in [2.75, 3.05) is 74.6 Å². The van der Waals surface area contributed by atoms with Crippen LogP contribution in [0.5, 0.6) is 5.75 Å². The zero-order chi connectivity index (χ0) is 40.7. The van der Waals surface area contributed by atoms with E-state index in [1.807, 2.05) is 24.3 Å². The molecule has 6 heterocycles. The summed E-state index contributed by atoms with van der Waals surface area (Å²) < 4.78 is 6.97. The third kappa shape index (κ3) is 7.66. The summed E-state index contributed by atoms with van der Waals surface area (Å²) in [6, 6.07) is 11.4. The van der Waals surface area contributed by atoms with Crippen molar-refractivity contribution in [3.8, 4) is 5.75 Å². The molecule has 4 aliphatic rings. The summed E-state index contributed by atoms with van der Waals surface area (Å²) in [4.78, 5) is 92.2. The predicted octanol–water partition coefficient (Wildman–Crippen LogP) is 2.29. The first-order valence-corrected chi connectivity index (χ1v) is 19.7. The first-order valence-electron chi connectivity index (χ1n) is 19.3. The van der Waals surface area contributed by atoms with Gasteiger partial charge >= 0.3 is 0 Å². The summed E-state index contributed by atoms with van der Waals surface area (Å²) in [7, 11) is 3.15. The van der Waals surface area contributed by atoms with Crippen LogP contribution in [-0.4, -0.2) is 119 Å². The third-order valence-corrected chi connectivity index (χ3v) is 11.7. The van der Waals surface area contributed by atoms with Crippen LogP contribution in [0.15, 0.2) is 53.5 Å². The van der Waals surface area contributed by atoms with Gasteiger partial charge in [-0.1, -0.05) is 11.6 Å². The molecule has 0 bridgehead atoms. The number of ether oxygens (including phenoxy) is 1. The Kier molecular flexibility index (Phi) is 10.7. The minimum Gasteiger partial charge on any atom is -0.478 e. The molecule has 0 saturated carbocycles. The van der Waals surface area contributed by atoms with E-state index in [1.165, 1.54) is 11.6 Å². The third-order valence-electron chi connectivity index (χ3n) is 11.4. The molecule has 0 radical (unpaired) electrons. The number of carbonyl (C=O) groups is 5. The normalized spacial score (nSPS) is 19.1. The largest absolute Gasteiger partial charge is 0.478 e. The summed E-state index contributed by atoms with van der Waals surface area (Å²) in [6.45, 7) is 5.55. The fourth-order valence-electron chi connectivity index (χ4n) is 8.11. The lowest BCUT2D eigenvalue weighted by molar-refractivity contribution is -0.136. The lowest BCUT2D eigenvalue weighted by Gasteiger charge is -2.39. The Balaban J connectivity index is 0.842. The molecule has 3 saturated heterocycles. The number of anilines is 4. The molecule has 1 unspecified atom stereocenters. The molecule has 3 fully saturated rings. The van der Waals surface area contributed by atoms with E-state index < -0.39 is 29.7 Å². The van der Waals surface area contributed by atoms with E-state index in [2.05, 4.69) is 35.6 Å². The Hall–Kier alpha value is -6.07. The lowest BCUT2D eigenvalue weighted by Crippen LogP contribution is -2.54. The van der Waals surface area contributed by atoms with Crippen molar-refractivity contribution in [2.45, 2.75) is 31.7 Å². The zero-order valence-corrected chi connectivity index (χ0v) is 32.9. The molecule has 4 aliphatic heterocycles. The molecule has 18 heteroatoms. The molecule has 5 amide bonds. The predicted molar refractivity (Wildman–Crippen MR) is 216 cm³/mol.